The van der Waals surface area contributed by atoms with E-state index in [0.29, 0.717) is 19.3 Å². The molecule has 0 aromatic heterocycles. The molecule has 0 saturated carbocycles. The molecule has 0 heterocycles. The van der Waals surface area contributed by atoms with Crippen LogP contribution in [0, 0.1) is 0 Å². The van der Waals surface area contributed by atoms with Crippen LogP contribution in [0.15, 0.2) is 0 Å². The van der Waals surface area contributed by atoms with Gasteiger partial charge in [0, 0.05) is 33.0 Å². The summed E-state index contributed by atoms with van der Waals surface area (Å²) in [5, 5.41) is 0. The van der Waals surface area contributed by atoms with E-state index in [1.807, 2.05) is 39.9 Å². The van der Waals surface area contributed by atoms with Gasteiger partial charge in [-0.1, -0.05) is 13.8 Å². The van der Waals surface area contributed by atoms with Crippen molar-refractivity contribution in [2.24, 2.45) is 0 Å². The summed E-state index contributed by atoms with van der Waals surface area (Å²) in [7, 11) is 7.15. The highest BCUT2D eigenvalue weighted by Crippen LogP contribution is 2.03. The summed E-state index contributed by atoms with van der Waals surface area (Å²) in [5.74, 6) is -0.0740. The van der Waals surface area contributed by atoms with Crippen molar-refractivity contribution in [1.29, 1.82) is 0 Å². The summed E-state index contributed by atoms with van der Waals surface area (Å²) >= 11 is 0. The fourth-order valence-electron chi connectivity index (χ4n) is 1.31. The molecular weight excluding hydrogens is 244 g/mol. The van der Waals surface area contributed by atoms with Gasteiger partial charge in [0.1, 0.15) is 0 Å². The van der Waals surface area contributed by atoms with Crippen LogP contribution in [0.5, 0.6) is 0 Å². The van der Waals surface area contributed by atoms with Crippen LogP contribution in [0.25, 0.3) is 0 Å². The Morgan fingerprint density at radius 1 is 0.947 bits per heavy atom. The van der Waals surface area contributed by atoms with Crippen molar-refractivity contribution in [3.8, 4) is 0 Å². The van der Waals surface area contributed by atoms with E-state index in [4.69, 9.17) is 0 Å². The molecule has 0 atom stereocenters. The van der Waals surface area contributed by atoms with Crippen LogP contribution < -0.4 is 0 Å². The second kappa shape index (κ2) is 13.3. The van der Waals surface area contributed by atoms with Gasteiger partial charge in [-0.3, -0.25) is 9.59 Å². The molecule has 19 heavy (non-hydrogen) atoms. The third-order valence-electron chi connectivity index (χ3n) is 2.56. The number of amides is 1. The van der Waals surface area contributed by atoms with E-state index in [-0.39, 0.29) is 11.9 Å². The number of likely N-dealkylation sites (N-methyl/N-ethyl adjacent to an activating group) is 2. The number of ether oxygens (including phenoxy) is 1. The monoisotopic (exact) mass is 274 g/mol. The minimum absolute atomic E-state index is 0.136. The molecule has 0 N–H and O–H groups in total. The Hall–Kier alpha value is -1.10. The normalized spacial score (nSPS) is 9.63. The van der Waals surface area contributed by atoms with E-state index in [1.165, 1.54) is 7.11 Å². The number of rotatable bonds is 8. The molecule has 0 aliphatic carbocycles. The lowest BCUT2D eigenvalue weighted by molar-refractivity contribution is -0.141. The molecule has 0 unspecified atom stereocenters. The zero-order chi connectivity index (χ0) is 15.3. The largest absolute Gasteiger partial charge is 0.469 e. The number of unbranched alkanes of at least 4 members (excludes halogenated alkanes) is 1. The van der Waals surface area contributed by atoms with E-state index in [9.17, 15) is 9.59 Å². The molecule has 114 valence electrons. The lowest BCUT2D eigenvalue weighted by Crippen LogP contribution is -2.33. The summed E-state index contributed by atoms with van der Waals surface area (Å²) in [6, 6.07) is 0. The van der Waals surface area contributed by atoms with Gasteiger partial charge >= 0.3 is 5.97 Å². The molecule has 0 aromatic carbocycles. The van der Waals surface area contributed by atoms with Crippen molar-refractivity contribution in [3.05, 3.63) is 0 Å². The van der Waals surface area contributed by atoms with Gasteiger partial charge in [-0.05, 0) is 26.9 Å². The summed E-state index contributed by atoms with van der Waals surface area (Å²) in [5.41, 5.74) is 0. The Bertz CT molecular complexity index is 243. The van der Waals surface area contributed by atoms with E-state index >= 15 is 0 Å². The van der Waals surface area contributed by atoms with Gasteiger partial charge in [-0.25, -0.2) is 0 Å². The molecule has 0 bridgehead atoms. The van der Waals surface area contributed by atoms with E-state index in [1.54, 1.807) is 4.90 Å². The lowest BCUT2D eigenvalue weighted by atomic mass is 10.2. The Morgan fingerprint density at radius 2 is 1.47 bits per heavy atom. The number of hydrogen-bond donors (Lipinski definition) is 0. The third kappa shape index (κ3) is 13.1. The molecule has 0 spiro atoms. The van der Waals surface area contributed by atoms with Crippen LogP contribution >= 0.6 is 0 Å². The quantitative estimate of drug-likeness (QED) is 0.500. The molecule has 0 aliphatic rings. The highest BCUT2D eigenvalue weighted by atomic mass is 16.5. The first kappa shape index (κ1) is 20.2. The number of methoxy groups -OCH3 is 1. The van der Waals surface area contributed by atoms with Crippen molar-refractivity contribution in [3.63, 3.8) is 0 Å². The summed E-state index contributed by atoms with van der Waals surface area (Å²) in [4.78, 5) is 26.3. The van der Waals surface area contributed by atoms with Gasteiger partial charge in [0.05, 0.1) is 7.11 Å². The summed E-state index contributed by atoms with van der Waals surface area (Å²) < 4.78 is 4.53. The molecule has 0 rings (SSSR count). The topological polar surface area (TPSA) is 49.9 Å². The standard InChI is InChI=1S/C12H24N2O3.C2H6/c1-13(2)9-10-14(3)11(15)7-5-6-8-12(16)17-4;1-2/h5-10H2,1-4H3;1-2H3. The molecule has 0 fully saturated rings. The highest BCUT2D eigenvalue weighted by molar-refractivity contribution is 5.76. The summed E-state index contributed by atoms with van der Waals surface area (Å²) in [6.45, 7) is 5.60. The van der Waals surface area contributed by atoms with Crippen molar-refractivity contribution in [2.45, 2.75) is 39.5 Å². The minimum atomic E-state index is -0.210. The number of carbonyl (C=O) groups excluding carboxylic acids is 2. The highest BCUT2D eigenvalue weighted by Gasteiger charge is 2.09. The smallest absolute Gasteiger partial charge is 0.305 e. The van der Waals surface area contributed by atoms with Gasteiger partial charge in [0.2, 0.25) is 5.91 Å². The number of nitrogens with zero attached hydrogens (tertiary/aromatic N) is 2. The summed E-state index contributed by atoms with van der Waals surface area (Å²) in [6.07, 6.45) is 2.34. The molecule has 0 aromatic rings. The van der Waals surface area contributed by atoms with Crippen molar-refractivity contribution >= 4 is 11.9 Å². The number of hydrogen-bond acceptors (Lipinski definition) is 4. The number of carbonyl (C=O) groups is 2. The van der Waals surface area contributed by atoms with E-state index < -0.39 is 0 Å². The van der Waals surface area contributed by atoms with E-state index in [0.717, 1.165) is 19.5 Å². The molecule has 5 heteroatoms. The van der Waals surface area contributed by atoms with Crippen molar-refractivity contribution < 1.29 is 14.3 Å². The maximum absolute atomic E-state index is 11.7. The van der Waals surface area contributed by atoms with E-state index in [2.05, 4.69) is 4.74 Å². The van der Waals surface area contributed by atoms with Crippen LogP contribution in [-0.2, 0) is 14.3 Å². The SMILES string of the molecule is CC.COC(=O)CCCCC(=O)N(C)CCN(C)C. The van der Waals surface area contributed by atoms with Gasteiger partial charge in [0.25, 0.3) is 0 Å². The predicted molar refractivity (Wildman–Crippen MR) is 78.0 cm³/mol. The first-order valence-electron chi connectivity index (χ1n) is 6.93. The van der Waals surface area contributed by atoms with Gasteiger partial charge in [-0.2, -0.15) is 0 Å². The van der Waals surface area contributed by atoms with Crippen LogP contribution in [-0.4, -0.2) is 63.0 Å². The first-order valence-corrected chi connectivity index (χ1v) is 6.93. The maximum atomic E-state index is 11.7. The van der Waals surface area contributed by atoms with Crippen LogP contribution in [0.4, 0.5) is 0 Å². The average molecular weight is 274 g/mol. The molecule has 1 amide bonds. The Labute approximate surface area is 117 Å². The Morgan fingerprint density at radius 3 is 1.95 bits per heavy atom. The van der Waals surface area contributed by atoms with Gasteiger partial charge in [-0.15, -0.1) is 0 Å². The number of esters is 1. The molecule has 0 aliphatic heterocycles. The van der Waals surface area contributed by atoms with Crippen LogP contribution in [0.2, 0.25) is 0 Å². The molecular formula is C14H30N2O3. The second-order valence-electron chi connectivity index (χ2n) is 4.40. The fraction of sp³-hybridized carbons (Fsp3) is 0.857. The zero-order valence-electron chi connectivity index (χ0n) is 13.4. The van der Waals surface area contributed by atoms with Gasteiger partial charge < -0.3 is 14.5 Å². The third-order valence-corrected chi connectivity index (χ3v) is 2.56. The first-order chi connectivity index (χ1) is 8.97. The van der Waals surface area contributed by atoms with Crippen molar-refractivity contribution in [2.75, 3.05) is 41.3 Å². The fourth-order valence-corrected chi connectivity index (χ4v) is 1.31. The predicted octanol–water partition coefficient (Wildman–Crippen LogP) is 1.77. The zero-order valence-corrected chi connectivity index (χ0v) is 13.4. The lowest BCUT2D eigenvalue weighted by Gasteiger charge is -2.19. The minimum Gasteiger partial charge on any atom is -0.469 e. The molecule has 0 saturated heterocycles. The maximum Gasteiger partial charge on any atom is 0.305 e. The average Bonchev–Trinajstić information content (AvgIpc) is 2.42. The molecule has 0 radical (unpaired) electrons. The van der Waals surface area contributed by atoms with Crippen molar-refractivity contribution in [1.82, 2.24) is 9.80 Å². The second-order valence-corrected chi connectivity index (χ2v) is 4.40. The Kier molecular flexibility index (Phi) is 14.2. The van der Waals surface area contributed by atoms with Crippen LogP contribution in [0.3, 0.4) is 0 Å². The molecule has 5 nitrogen and oxygen atoms in total. The van der Waals surface area contributed by atoms with Gasteiger partial charge in [0.15, 0.2) is 0 Å². The van der Waals surface area contributed by atoms with Crippen LogP contribution in [0.1, 0.15) is 39.5 Å². The Balaban J connectivity index is 0.